The standard InChI is InChI=1S/C12H21N3O2/c1-8(2)12-13-11(17-14-12)6-15-5-10(4)16-7-9(15)3/h8-10H,5-7H2,1-4H3/t9-,10+/m0/s1. The lowest BCUT2D eigenvalue weighted by Crippen LogP contribution is -2.46. The van der Waals surface area contributed by atoms with Gasteiger partial charge in [-0.3, -0.25) is 4.90 Å². The second kappa shape index (κ2) is 5.14. The minimum Gasteiger partial charge on any atom is -0.376 e. The van der Waals surface area contributed by atoms with E-state index in [0.717, 1.165) is 19.0 Å². The van der Waals surface area contributed by atoms with E-state index in [0.29, 0.717) is 24.4 Å². The van der Waals surface area contributed by atoms with Crippen molar-refractivity contribution in [3.05, 3.63) is 11.7 Å². The molecule has 0 unspecified atom stereocenters. The van der Waals surface area contributed by atoms with Gasteiger partial charge in [0.05, 0.1) is 19.3 Å². The van der Waals surface area contributed by atoms with E-state index in [4.69, 9.17) is 9.26 Å². The van der Waals surface area contributed by atoms with Crippen LogP contribution in [-0.2, 0) is 11.3 Å². The van der Waals surface area contributed by atoms with Crippen LogP contribution in [0.1, 0.15) is 45.3 Å². The number of nitrogens with zero attached hydrogens (tertiary/aromatic N) is 3. The maximum absolute atomic E-state index is 5.59. The van der Waals surface area contributed by atoms with E-state index in [1.807, 2.05) is 0 Å². The molecule has 5 heteroatoms. The fourth-order valence-corrected chi connectivity index (χ4v) is 1.93. The Morgan fingerprint density at radius 2 is 2.18 bits per heavy atom. The predicted molar refractivity (Wildman–Crippen MR) is 63.7 cm³/mol. The van der Waals surface area contributed by atoms with Crippen LogP contribution in [0.15, 0.2) is 4.52 Å². The van der Waals surface area contributed by atoms with Crippen molar-refractivity contribution < 1.29 is 9.26 Å². The van der Waals surface area contributed by atoms with Gasteiger partial charge in [0.25, 0.3) is 0 Å². The molecular weight excluding hydrogens is 218 g/mol. The Hall–Kier alpha value is -0.940. The van der Waals surface area contributed by atoms with Crippen molar-refractivity contribution in [1.82, 2.24) is 15.0 Å². The molecular formula is C12H21N3O2. The maximum atomic E-state index is 5.59. The molecule has 0 bridgehead atoms. The molecule has 0 amide bonds. The van der Waals surface area contributed by atoms with E-state index < -0.39 is 0 Å². The predicted octanol–water partition coefficient (Wildman–Crippen LogP) is 1.80. The lowest BCUT2D eigenvalue weighted by molar-refractivity contribution is -0.0555. The van der Waals surface area contributed by atoms with Gasteiger partial charge >= 0.3 is 0 Å². The van der Waals surface area contributed by atoms with Crippen molar-refractivity contribution in [2.45, 2.75) is 52.3 Å². The molecule has 1 fully saturated rings. The minimum atomic E-state index is 0.277. The lowest BCUT2D eigenvalue weighted by Gasteiger charge is -2.35. The smallest absolute Gasteiger partial charge is 0.240 e. The zero-order valence-corrected chi connectivity index (χ0v) is 11.0. The Kier molecular flexibility index (Phi) is 3.79. The number of hydrogen-bond acceptors (Lipinski definition) is 5. The second-order valence-corrected chi connectivity index (χ2v) is 5.12. The third kappa shape index (κ3) is 3.04. The van der Waals surface area contributed by atoms with E-state index in [1.165, 1.54) is 0 Å². The highest BCUT2D eigenvalue weighted by Gasteiger charge is 2.25. The molecule has 1 aliphatic rings. The molecule has 0 N–H and O–H groups in total. The highest BCUT2D eigenvalue weighted by molar-refractivity contribution is 4.92. The zero-order chi connectivity index (χ0) is 12.4. The molecule has 0 aromatic carbocycles. The fourth-order valence-electron chi connectivity index (χ4n) is 1.93. The summed E-state index contributed by atoms with van der Waals surface area (Å²) in [7, 11) is 0. The van der Waals surface area contributed by atoms with Gasteiger partial charge in [-0.1, -0.05) is 19.0 Å². The van der Waals surface area contributed by atoms with E-state index >= 15 is 0 Å². The summed E-state index contributed by atoms with van der Waals surface area (Å²) < 4.78 is 10.9. The first-order valence-corrected chi connectivity index (χ1v) is 6.24. The molecule has 2 heterocycles. The second-order valence-electron chi connectivity index (χ2n) is 5.12. The van der Waals surface area contributed by atoms with Gasteiger partial charge in [0.15, 0.2) is 5.82 Å². The topological polar surface area (TPSA) is 51.4 Å². The molecule has 17 heavy (non-hydrogen) atoms. The Labute approximate surface area is 102 Å². The van der Waals surface area contributed by atoms with Crippen molar-refractivity contribution in [3.63, 3.8) is 0 Å². The van der Waals surface area contributed by atoms with Crippen LogP contribution in [0.2, 0.25) is 0 Å². The monoisotopic (exact) mass is 239 g/mol. The summed E-state index contributed by atoms with van der Waals surface area (Å²) in [6.45, 7) is 10.8. The summed E-state index contributed by atoms with van der Waals surface area (Å²) in [6, 6.07) is 0.403. The van der Waals surface area contributed by atoms with Crippen LogP contribution in [0, 0.1) is 0 Å². The summed E-state index contributed by atoms with van der Waals surface area (Å²) in [5.74, 6) is 1.80. The van der Waals surface area contributed by atoms with Gasteiger partial charge < -0.3 is 9.26 Å². The molecule has 96 valence electrons. The van der Waals surface area contributed by atoms with E-state index in [9.17, 15) is 0 Å². The molecule has 2 atom stereocenters. The van der Waals surface area contributed by atoms with Crippen molar-refractivity contribution in [2.75, 3.05) is 13.2 Å². The molecule has 1 aromatic rings. The summed E-state index contributed by atoms with van der Waals surface area (Å²) in [4.78, 5) is 6.73. The van der Waals surface area contributed by atoms with Crippen LogP contribution in [0.5, 0.6) is 0 Å². The maximum Gasteiger partial charge on any atom is 0.240 e. The average Bonchev–Trinajstić information content (AvgIpc) is 2.72. The third-order valence-corrected chi connectivity index (χ3v) is 3.08. The highest BCUT2D eigenvalue weighted by Crippen LogP contribution is 2.16. The molecule has 0 spiro atoms. The Bertz CT molecular complexity index is 364. The number of ether oxygens (including phenoxy) is 1. The number of aromatic nitrogens is 2. The SMILES string of the molecule is CC(C)c1noc(CN2C[C@@H](C)OC[C@@H]2C)n1. The third-order valence-electron chi connectivity index (χ3n) is 3.08. The Morgan fingerprint density at radius 3 is 2.82 bits per heavy atom. The molecule has 0 radical (unpaired) electrons. The molecule has 1 saturated heterocycles. The van der Waals surface area contributed by atoms with Gasteiger partial charge in [0, 0.05) is 18.5 Å². The van der Waals surface area contributed by atoms with Crippen LogP contribution < -0.4 is 0 Å². The summed E-state index contributed by atoms with van der Waals surface area (Å²) in [6.07, 6.45) is 0.277. The van der Waals surface area contributed by atoms with E-state index in [1.54, 1.807) is 0 Å². The highest BCUT2D eigenvalue weighted by atomic mass is 16.5. The number of hydrogen-bond donors (Lipinski definition) is 0. The first kappa shape index (κ1) is 12.5. The fraction of sp³-hybridized carbons (Fsp3) is 0.833. The Morgan fingerprint density at radius 1 is 1.41 bits per heavy atom. The van der Waals surface area contributed by atoms with Crippen molar-refractivity contribution in [2.24, 2.45) is 0 Å². The van der Waals surface area contributed by atoms with Crippen LogP contribution in [-0.4, -0.2) is 40.3 Å². The zero-order valence-electron chi connectivity index (χ0n) is 11.0. The van der Waals surface area contributed by atoms with Crippen LogP contribution in [0.25, 0.3) is 0 Å². The molecule has 1 aromatic heterocycles. The van der Waals surface area contributed by atoms with Gasteiger partial charge in [0.2, 0.25) is 5.89 Å². The van der Waals surface area contributed by atoms with Crippen molar-refractivity contribution in [3.8, 4) is 0 Å². The molecule has 0 aliphatic carbocycles. The molecule has 5 nitrogen and oxygen atoms in total. The van der Waals surface area contributed by atoms with Gasteiger partial charge in [-0.2, -0.15) is 4.98 Å². The molecule has 2 rings (SSSR count). The van der Waals surface area contributed by atoms with Gasteiger partial charge in [0.1, 0.15) is 0 Å². The van der Waals surface area contributed by atoms with Gasteiger partial charge in [-0.15, -0.1) is 0 Å². The largest absolute Gasteiger partial charge is 0.376 e. The summed E-state index contributed by atoms with van der Waals surface area (Å²) >= 11 is 0. The normalized spacial score (nSPS) is 26.6. The minimum absolute atomic E-state index is 0.277. The van der Waals surface area contributed by atoms with Gasteiger partial charge in [-0.25, -0.2) is 0 Å². The van der Waals surface area contributed by atoms with Crippen LogP contribution >= 0.6 is 0 Å². The summed E-state index contributed by atoms with van der Waals surface area (Å²) in [5.41, 5.74) is 0. The van der Waals surface area contributed by atoms with E-state index in [-0.39, 0.29) is 6.10 Å². The molecule has 0 saturated carbocycles. The number of rotatable bonds is 3. The quantitative estimate of drug-likeness (QED) is 0.805. The Balaban J connectivity index is 1.98. The molecule has 1 aliphatic heterocycles. The number of morpholine rings is 1. The summed E-state index contributed by atoms with van der Waals surface area (Å²) in [5, 5.41) is 3.98. The van der Waals surface area contributed by atoms with Crippen LogP contribution in [0.4, 0.5) is 0 Å². The van der Waals surface area contributed by atoms with Gasteiger partial charge in [-0.05, 0) is 13.8 Å². The van der Waals surface area contributed by atoms with Crippen LogP contribution in [0.3, 0.4) is 0 Å². The van der Waals surface area contributed by atoms with Crippen molar-refractivity contribution in [1.29, 1.82) is 0 Å². The van der Waals surface area contributed by atoms with Crippen molar-refractivity contribution >= 4 is 0 Å². The first-order valence-electron chi connectivity index (χ1n) is 6.24. The first-order chi connectivity index (χ1) is 8.06. The lowest BCUT2D eigenvalue weighted by atomic mass is 10.2. The van der Waals surface area contributed by atoms with E-state index in [2.05, 4.69) is 42.7 Å². The average molecular weight is 239 g/mol.